The molecule has 2 nitrogen and oxygen atoms in total. The summed E-state index contributed by atoms with van der Waals surface area (Å²) in [6.07, 6.45) is 4.58. The minimum atomic E-state index is 0.293. The Kier molecular flexibility index (Phi) is 2.86. The second-order valence-corrected chi connectivity index (χ2v) is 6.21. The van der Waals surface area contributed by atoms with Gasteiger partial charge in [0.15, 0.2) is 0 Å². The lowest BCUT2D eigenvalue weighted by atomic mass is 9.86. The van der Waals surface area contributed by atoms with Crippen molar-refractivity contribution < 1.29 is 5.11 Å². The van der Waals surface area contributed by atoms with Crippen LogP contribution in [0.15, 0.2) is 18.2 Å². The van der Waals surface area contributed by atoms with E-state index in [1.165, 1.54) is 23.3 Å². The molecule has 1 aromatic carbocycles. The Balaban J connectivity index is 2.23. The average Bonchev–Trinajstić information content (AvgIpc) is 2.38. The monoisotopic (exact) mass is 259 g/mol. The summed E-state index contributed by atoms with van der Waals surface area (Å²) in [5.74, 6) is 1.06. The van der Waals surface area contributed by atoms with Crippen molar-refractivity contribution in [2.75, 3.05) is 0 Å². The van der Waals surface area contributed by atoms with Gasteiger partial charge in [0.2, 0.25) is 0 Å². The number of phenols is 1. The van der Waals surface area contributed by atoms with E-state index in [-0.39, 0.29) is 0 Å². The number of hydrogen-bond donors (Lipinski definition) is 2. The van der Waals surface area contributed by atoms with Crippen LogP contribution in [0.2, 0.25) is 0 Å². The highest BCUT2D eigenvalue weighted by molar-refractivity contribution is 7.18. The van der Waals surface area contributed by atoms with Crippen LogP contribution in [0.1, 0.15) is 30.2 Å². The van der Waals surface area contributed by atoms with Crippen molar-refractivity contribution in [2.45, 2.75) is 32.6 Å². The molecule has 2 N–H and O–H groups in total. The lowest BCUT2D eigenvalue weighted by Crippen LogP contribution is -2.20. The number of fused-ring (bicyclic) bond motifs is 2. The van der Waals surface area contributed by atoms with E-state index in [1.807, 2.05) is 6.07 Å². The van der Waals surface area contributed by atoms with Gasteiger partial charge in [-0.05, 0) is 48.9 Å². The molecule has 2 aromatic rings. The maximum absolute atomic E-state index is 9.57. The molecular weight excluding hydrogens is 242 g/mol. The number of hydrogen-bond acceptors (Lipinski definition) is 3. The first-order chi connectivity index (χ1) is 8.69. The molecule has 1 atom stereocenters. The Morgan fingerprint density at radius 3 is 3.06 bits per heavy atom. The number of benzene rings is 1. The number of nitrogens with one attached hydrogen (secondary N) is 1. The fourth-order valence-corrected chi connectivity index (χ4v) is 4.16. The second-order valence-electron chi connectivity index (χ2n) is 5.08. The molecule has 0 amide bonds. The predicted molar refractivity (Wildman–Crippen MR) is 75.2 cm³/mol. The molecule has 1 unspecified atom stereocenters. The summed E-state index contributed by atoms with van der Waals surface area (Å²) in [5.41, 5.74) is 1.24. The third kappa shape index (κ3) is 1.83. The molecule has 1 heterocycles. The van der Waals surface area contributed by atoms with Gasteiger partial charge in [-0.1, -0.05) is 13.3 Å². The van der Waals surface area contributed by atoms with E-state index in [2.05, 4.69) is 6.92 Å². The fraction of sp³-hybridized carbons (Fsp3) is 0.400. The van der Waals surface area contributed by atoms with Crippen molar-refractivity contribution in [1.82, 2.24) is 0 Å². The number of rotatable bonds is 1. The van der Waals surface area contributed by atoms with Crippen LogP contribution < -0.4 is 5.36 Å². The summed E-state index contributed by atoms with van der Waals surface area (Å²) in [6, 6.07) is 5.33. The summed E-state index contributed by atoms with van der Waals surface area (Å²) >= 11 is 1.76. The maximum atomic E-state index is 9.57. The van der Waals surface area contributed by atoms with Gasteiger partial charge in [-0.25, -0.2) is 0 Å². The van der Waals surface area contributed by atoms with Gasteiger partial charge in [-0.2, -0.15) is 0 Å². The molecule has 0 saturated heterocycles. The molecule has 0 saturated carbocycles. The van der Waals surface area contributed by atoms with Crippen molar-refractivity contribution in [3.8, 4) is 5.75 Å². The maximum Gasteiger partial charge on any atom is 0.117 e. The van der Waals surface area contributed by atoms with Gasteiger partial charge >= 0.3 is 0 Å². The molecule has 94 valence electrons. The molecular formula is C15H17NOS. The lowest BCUT2D eigenvalue weighted by molar-refractivity contribution is 0.448. The summed E-state index contributed by atoms with van der Waals surface area (Å²) < 4.78 is 1.04. The summed E-state index contributed by atoms with van der Waals surface area (Å²) in [5, 5.41) is 19.6. The second kappa shape index (κ2) is 4.39. The molecule has 18 heavy (non-hydrogen) atoms. The van der Waals surface area contributed by atoms with Crippen LogP contribution in [0.25, 0.3) is 10.1 Å². The Morgan fingerprint density at radius 1 is 1.44 bits per heavy atom. The van der Waals surface area contributed by atoms with Gasteiger partial charge in [-0.15, -0.1) is 11.3 Å². The van der Waals surface area contributed by atoms with E-state index in [1.54, 1.807) is 23.5 Å². The van der Waals surface area contributed by atoms with Crippen LogP contribution in [-0.2, 0) is 12.8 Å². The van der Waals surface area contributed by atoms with Gasteiger partial charge in [0.1, 0.15) is 5.75 Å². The standard InChI is InChI=1S/C15H17NOS/c1-2-9-3-5-11-13(7-9)18-14-8-10(17)4-6-12(14)15(11)16/h4,6,8-9,16-17H,2-3,5,7H2,1H3. The molecule has 1 aliphatic carbocycles. The first-order valence-corrected chi connectivity index (χ1v) is 7.33. The Labute approximate surface area is 110 Å². The van der Waals surface area contributed by atoms with Gasteiger partial charge in [-0.3, -0.25) is 5.41 Å². The van der Waals surface area contributed by atoms with E-state index in [0.717, 1.165) is 28.8 Å². The Morgan fingerprint density at radius 2 is 2.28 bits per heavy atom. The molecule has 1 aromatic heterocycles. The topological polar surface area (TPSA) is 44.1 Å². The van der Waals surface area contributed by atoms with Gasteiger partial charge < -0.3 is 5.11 Å². The van der Waals surface area contributed by atoms with E-state index in [9.17, 15) is 5.11 Å². The Hall–Kier alpha value is -1.35. The van der Waals surface area contributed by atoms with Crippen molar-refractivity contribution in [2.24, 2.45) is 5.92 Å². The molecule has 3 rings (SSSR count). The third-order valence-electron chi connectivity index (χ3n) is 3.96. The molecule has 0 aliphatic heterocycles. The highest BCUT2D eigenvalue weighted by atomic mass is 32.1. The highest BCUT2D eigenvalue weighted by Gasteiger charge is 2.20. The molecule has 0 spiro atoms. The average molecular weight is 259 g/mol. The van der Waals surface area contributed by atoms with Crippen LogP contribution in [-0.4, -0.2) is 5.11 Å². The Bertz CT molecular complexity index is 659. The van der Waals surface area contributed by atoms with Crippen molar-refractivity contribution in [3.05, 3.63) is 34.0 Å². The minimum absolute atomic E-state index is 0.293. The summed E-state index contributed by atoms with van der Waals surface area (Å²) in [4.78, 5) is 1.36. The first kappa shape index (κ1) is 11.7. The van der Waals surface area contributed by atoms with Gasteiger partial charge in [0.25, 0.3) is 0 Å². The minimum Gasteiger partial charge on any atom is -0.508 e. The van der Waals surface area contributed by atoms with Crippen LogP contribution in [0, 0.1) is 11.3 Å². The molecule has 3 heteroatoms. The quantitative estimate of drug-likeness (QED) is 0.807. The van der Waals surface area contributed by atoms with Crippen molar-refractivity contribution >= 4 is 21.4 Å². The van der Waals surface area contributed by atoms with Crippen molar-refractivity contribution in [1.29, 1.82) is 5.41 Å². The summed E-state index contributed by atoms with van der Waals surface area (Å²) in [6.45, 7) is 2.24. The van der Waals surface area contributed by atoms with Gasteiger partial charge in [0, 0.05) is 15.0 Å². The first-order valence-electron chi connectivity index (χ1n) is 6.51. The SMILES string of the molecule is CCC1CCc2c(sc3cc(O)ccc3c2=N)C1. The van der Waals surface area contributed by atoms with E-state index < -0.39 is 0 Å². The zero-order valence-corrected chi connectivity index (χ0v) is 11.3. The van der Waals surface area contributed by atoms with Crippen LogP contribution in [0.3, 0.4) is 0 Å². The van der Waals surface area contributed by atoms with E-state index in [0.29, 0.717) is 11.1 Å². The summed E-state index contributed by atoms with van der Waals surface area (Å²) in [7, 11) is 0. The van der Waals surface area contributed by atoms with Crippen LogP contribution in [0.5, 0.6) is 5.75 Å². The smallest absolute Gasteiger partial charge is 0.117 e. The highest BCUT2D eigenvalue weighted by Crippen LogP contribution is 2.32. The lowest BCUT2D eigenvalue weighted by Gasteiger charge is -2.23. The van der Waals surface area contributed by atoms with E-state index in [4.69, 9.17) is 5.41 Å². The normalized spacial score (nSPS) is 18.8. The zero-order valence-electron chi connectivity index (χ0n) is 10.5. The third-order valence-corrected chi connectivity index (χ3v) is 5.18. The van der Waals surface area contributed by atoms with Crippen LogP contribution in [0.4, 0.5) is 0 Å². The number of phenolic OH excluding ortho intramolecular Hbond substituents is 1. The molecule has 0 fully saturated rings. The van der Waals surface area contributed by atoms with Crippen molar-refractivity contribution in [3.63, 3.8) is 0 Å². The molecule has 0 bridgehead atoms. The fourth-order valence-electron chi connectivity index (χ4n) is 2.79. The van der Waals surface area contributed by atoms with Crippen LogP contribution >= 0.6 is 11.3 Å². The zero-order chi connectivity index (χ0) is 12.7. The predicted octanol–water partition coefficient (Wildman–Crippen LogP) is 3.60. The molecule has 1 aliphatic rings. The molecule has 0 radical (unpaired) electrons. The van der Waals surface area contributed by atoms with Gasteiger partial charge in [0.05, 0.1) is 5.36 Å². The van der Waals surface area contributed by atoms with E-state index >= 15 is 0 Å². The number of aromatic hydroxyl groups is 1. The largest absolute Gasteiger partial charge is 0.508 e.